The van der Waals surface area contributed by atoms with Gasteiger partial charge in [-0.05, 0) is 57.4 Å². The monoisotopic (exact) mass is 790 g/mol. The zero-order valence-corrected chi connectivity index (χ0v) is 30.7. The number of fused-ring (bicyclic) bond motifs is 3. The third-order valence-corrected chi connectivity index (χ3v) is 12.6. The molecular weight excluding hydrogens is 754 g/mol. The van der Waals surface area contributed by atoms with E-state index in [1.54, 1.807) is 16.7 Å². The first-order valence-electron chi connectivity index (χ1n) is 18.1. The number of rotatable bonds is 7. The standard InChI is InChI=1S/C37H37F7N8O2S/c1-3-51(21-9-18(2)52(16-21)35(53)49-13-20(39)14-49)33-23-10-25(37(42,43)44)28(22-5-6-26(40)31-27(22)24(12-45)32(46)55-31)29(41)30(23)47-34(48-33)54-17-36-7-4-8-50(36)15-19(38)11-36/h5-6,10,18-21H,3-4,7-9,11,13-17,46H2,1-2H3. The Morgan fingerprint density at radius 2 is 1.93 bits per heavy atom. The van der Waals surface area contributed by atoms with Crippen molar-refractivity contribution >= 4 is 49.2 Å². The molecule has 4 aliphatic rings. The molecule has 4 unspecified atom stereocenters. The van der Waals surface area contributed by atoms with E-state index in [1.165, 1.54) is 4.90 Å². The molecule has 2 amide bonds. The topological polar surface area (TPSA) is 115 Å². The van der Waals surface area contributed by atoms with E-state index in [1.807, 2.05) is 17.9 Å². The number of halogens is 7. The highest BCUT2D eigenvalue weighted by molar-refractivity contribution is 7.23. The molecule has 2 N–H and O–H groups in total. The molecule has 0 aliphatic carbocycles. The number of urea groups is 1. The van der Waals surface area contributed by atoms with Gasteiger partial charge in [0.2, 0.25) is 0 Å². The van der Waals surface area contributed by atoms with Crippen molar-refractivity contribution in [3.8, 4) is 23.2 Å². The highest BCUT2D eigenvalue weighted by Gasteiger charge is 2.50. The number of anilines is 2. The van der Waals surface area contributed by atoms with Crippen molar-refractivity contribution in [2.45, 2.75) is 75.7 Å². The average molecular weight is 791 g/mol. The van der Waals surface area contributed by atoms with Gasteiger partial charge in [0.25, 0.3) is 0 Å². The third kappa shape index (κ3) is 6.14. The fraction of sp³-hybridized carbons (Fsp3) is 0.514. The van der Waals surface area contributed by atoms with Crippen molar-refractivity contribution in [2.24, 2.45) is 0 Å². The quantitative estimate of drug-likeness (QED) is 0.195. The lowest BCUT2D eigenvalue weighted by molar-refractivity contribution is -0.137. The Kier molecular flexibility index (Phi) is 9.18. The fourth-order valence-corrected chi connectivity index (χ4v) is 9.91. The number of nitrogens with zero attached hydrogens (tertiary/aromatic N) is 7. The van der Waals surface area contributed by atoms with Crippen molar-refractivity contribution in [3.63, 3.8) is 0 Å². The van der Waals surface area contributed by atoms with E-state index >= 15 is 22.0 Å². The normalized spacial score (nSPS) is 24.5. The van der Waals surface area contributed by atoms with Crippen LogP contribution < -0.4 is 15.4 Å². The minimum absolute atomic E-state index is 0.0282. The van der Waals surface area contributed by atoms with E-state index in [9.17, 15) is 18.8 Å². The van der Waals surface area contributed by atoms with Crippen molar-refractivity contribution in [1.29, 1.82) is 5.26 Å². The number of nitriles is 1. The number of likely N-dealkylation sites (tertiary alicyclic amines) is 2. The first kappa shape index (κ1) is 37.3. The van der Waals surface area contributed by atoms with Gasteiger partial charge < -0.3 is 25.2 Å². The van der Waals surface area contributed by atoms with Gasteiger partial charge in [0, 0.05) is 48.4 Å². The van der Waals surface area contributed by atoms with Crippen LogP contribution in [0.25, 0.3) is 32.1 Å². The number of aromatic nitrogens is 2. The van der Waals surface area contributed by atoms with Crippen LogP contribution >= 0.6 is 11.3 Å². The molecule has 0 bridgehead atoms. The molecule has 292 valence electrons. The van der Waals surface area contributed by atoms with Gasteiger partial charge in [-0.3, -0.25) is 4.90 Å². The van der Waals surface area contributed by atoms with E-state index in [-0.39, 0.29) is 95.7 Å². The van der Waals surface area contributed by atoms with Gasteiger partial charge in [-0.15, -0.1) is 11.3 Å². The van der Waals surface area contributed by atoms with Crippen LogP contribution in [0.15, 0.2) is 18.2 Å². The Bertz CT molecular complexity index is 2240. The van der Waals surface area contributed by atoms with Crippen LogP contribution in [-0.2, 0) is 6.18 Å². The lowest BCUT2D eigenvalue weighted by Crippen LogP contribution is -2.57. The average Bonchev–Trinajstić information content (AvgIpc) is 3.87. The van der Waals surface area contributed by atoms with Gasteiger partial charge in [0.1, 0.15) is 47.2 Å². The lowest BCUT2D eigenvalue weighted by atomic mass is 9.92. The van der Waals surface area contributed by atoms with Crippen LogP contribution in [-0.4, -0.2) is 107 Å². The molecule has 6 heterocycles. The third-order valence-electron chi connectivity index (χ3n) is 11.6. The van der Waals surface area contributed by atoms with E-state index in [0.717, 1.165) is 24.6 Å². The van der Waals surface area contributed by atoms with Crippen molar-refractivity contribution in [3.05, 3.63) is 41.0 Å². The molecule has 4 atom stereocenters. The van der Waals surface area contributed by atoms with Gasteiger partial charge >= 0.3 is 18.2 Å². The molecule has 4 saturated heterocycles. The predicted octanol–water partition coefficient (Wildman–Crippen LogP) is 7.28. The molecule has 4 aromatic rings. The number of carbonyl (C=O) groups excluding carboxylic acids is 1. The summed E-state index contributed by atoms with van der Waals surface area (Å²) in [6, 6.07) is 2.93. The Balaban J connectivity index is 1.30. The smallest absolute Gasteiger partial charge is 0.417 e. The van der Waals surface area contributed by atoms with Gasteiger partial charge in [0.05, 0.1) is 40.5 Å². The van der Waals surface area contributed by atoms with Crippen LogP contribution in [0.1, 0.15) is 50.7 Å². The summed E-state index contributed by atoms with van der Waals surface area (Å²) in [5.41, 5.74) is 1.74. The van der Waals surface area contributed by atoms with Gasteiger partial charge in [-0.2, -0.15) is 28.4 Å². The zero-order valence-electron chi connectivity index (χ0n) is 29.9. The number of nitrogens with two attached hydrogens (primary N) is 1. The molecule has 2 aromatic heterocycles. The minimum Gasteiger partial charge on any atom is -0.461 e. The number of thiophene rings is 1. The molecule has 0 radical (unpaired) electrons. The highest BCUT2D eigenvalue weighted by Crippen LogP contribution is 2.49. The number of nitrogen functional groups attached to an aromatic ring is 1. The second-order valence-corrected chi connectivity index (χ2v) is 16.0. The molecule has 10 nitrogen and oxygen atoms in total. The molecule has 4 fully saturated rings. The van der Waals surface area contributed by atoms with Gasteiger partial charge in [-0.1, -0.05) is 6.07 Å². The van der Waals surface area contributed by atoms with E-state index in [2.05, 4.69) is 9.97 Å². The Hall–Kier alpha value is -4.63. The van der Waals surface area contributed by atoms with Crippen molar-refractivity contribution in [2.75, 3.05) is 56.5 Å². The van der Waals surface area contributed by atoms with E-state index < -0.39 is 63.9 Å². The minimum atomic E-state index is -5.16. The molecular formula is C37H37F7N8O2S. The van der Waals surface area contributed by atoms with Crippen LogP contribution in [0.4, 0.5) is 46.3 Å². The second-order valence-electron chi connectivity index (χ2n) is 14.9. The Morgan fingerprint density at radius 1 is 1.16 bits per heavy atom. The summed E-state index contributed by atoms with van der Waals surface area (Å²) in [6.07, 6.45) is -5.31. The first-order valence-corrected chi connectivity index (χ1v) is 19.0. The fourth-order valence-electron chi connectivity index (χ4n) is 8.96. The summed E-state index contributed by atoms with van der Waals surface area (Å²) in [6.45, 7) is 4.67. The van der Waals surface area contributed by atoms with Crippen LogP contribution in [0.5, 0.6) is 6.01 Å². The second kappa shape index (κ2) is 13.5. The maximum atomic E-state index is 17.3. The summed E-state index contributed by atoms with van der Waals surface area (Å²) in [7, 11) is 0. The SMILES string of the molecule is CCN(c1nc(OCC23CCCN2CC(F)C3)nc2c(F)c(-c3ccc(F)c4sc(N)c(C#N)c34)c(C(F)(F)F)cc12)C1CC(C)N(C(=O)N2CC(F)C2)C1. The summed E-state index contributed by atoms with van der Waals surface area (Å²) in [5, 5.41) is 9.19. The largest absolute Gasteiger partial charge is 0.461 e. The van der Waals surface area contributed by atoms with E-state index in [0.29, 0.717) is 30.7 Å². The number of amides is 2. The number of likely N-dealkylation sites (N-methyl/N-ethyl adjacent to an activating group) is 1. The summed E-state index contributed by atoms with van der Waals surface area (Å²) >= 11 is 0.666. The summed E-state index contributed by atoms with van der Waals surface area (Å²) in [4.78, 5) is 28.9. The molecule has 2 aromatic carbocycles. The highest BCUT2D eigenvalue weighted by atomic mass is 32.1. The van der Waals surface area contributed by atoms with Crippen molar-refractivity contribution < 1.29 is 40.3 Å². The maximum absolute atomic E-state index is 17.3. The predicted molar refractivity (Wildman–Crippen MR) is 192 cm³/mol. The number of carbonyl (C=O) groups is 1. The maximum Gasteiger partial charge on any atom is 0.417 e. The molecule has 0 spiro atoms. The molecule has 4 aliphatic heterocycles. The van der Waals surface area contributed by atoms with Crippen molar-refractivity contribution in [1.82, 2.24) is 24.7 Å². The van der Waals surface area contributed by atoms with Gasteiger partial charge in [0.15, 0.2) is 5.82 Å². The molecule has 8 rings (SSSR count). The molecule has 0 saturated carbocycles. The molecule has 18 heteroatoms. The number of hydrogen-bond donors (Lipinski definition) is 1. The lowest BCUT2D eigenvalue weighted by Gasteiger charge is -2.38. The van der Waals surface area contributed by atoms with Gasteiger partial charge in [-0.25, -0.2) is 22.4 Å². The summed E-state index contributed by atoms with van der Waals surface area (Å²) in [5.74, 6) is -2.32. The van der Waals surface area contributed by atoms with Crippen LogP contribution in [0.3, 0.4) is 0 Å². The number of alkyl halides is 5. The van der Waals surface area contributed by atoms with E-state index in [4.69, 9.17) is 10.5 Å². The Labute approximate surface area is 315 Å². The first-order chi connectivity index (χ1) is 26.1. The number of hydrogen-bond acceptors (Lipinski definition) is 9. The van der Waals surface area contributed by atoms with Crippen LogP contribution in [0.2, 0.25) is 0 Å². The Morgan fingerprint density at radius 3 is 2.62 bits per heavy atom. The number of ether oxygens (including phenoxy) is 1. The van der Waals surface area contributed by atoms with Crippen LogP contribution in [0, 0.1) is 23.0 Å². The molecule has 55 heavy (non-hydrogen) atoms. The summed E-state index contributed by atoms with van der Waals surface area (Å²) < 4.78 is 112. The zero-order chi connectivity index (χ0) is 39.1. The number of benzene rings is 2.